The number of hydrazone groups is 1. The second kappa shape index (κ2) is 7.61. The predicted molar refractivity (Wildman–Crippen MR) is 89.6 cm³/mol. The van der Waals surface area contributed by atoms with Crippen molar-refractivity contribution in [2.45, 2.75) is 19.3 Å². The fourth-order valence-corrected chi connectivity index (χ4v) is 2.32. The van der Waals surface area contributed by atoms with E-state index >= 15 is 0 Å². The Morgan fingerprint density at radius 2 is 1.82 bits per heavy atom. The molecule has 4 nitrogen and oxygen atoms in total. The van der Waals surface area contributed by atoms with E-state index < -0.39 is 5.97 Å². The van der Waals surface area contributed by atoms with Crippen molar-refractivity contribution in [2.24, 2.45) is 5.10 Å². The van der Waals surface area contributed by atoms with Gasteiger partial charge in [-0.25, -0.2) is 4.79 Å². The number of hydrogen-bond donors (Lipinski definition) is 2. The van der Waals surface area contributed by atoms with E-state index in [0.717, 1.165) is 5.56 Å². The quantitative estimate of drug-likeness (QED) is 0.614. The van der Waals surface area contributed by atoms with Crippen molar-refractivity contribution in [2.75, 3.05) is 5.43 Å². The van der Waals surface area contributed by atoms with Crippen molar-refractivity contribution in [3.8, 4) is 0 Å². The van der Waals surface area contributed by atoms with Crippen molar-refractivity contribution < 1.29 is 9.90 Å². The van der Waals surface area contributed by atoms with E-state index in [9.17, 15) is 9.90 Å². The molecule has 0 heterocycles. The minimum atomic E-state index is -1.03. The first-order valence-electron chi connectivity index (χ1n) is 6.99. The average molecular weight is 317 g/mol. The summed E-state index contributed by atoms with van der Waals surface area (Å²) in [5, 5.41) is 14.2. The fourth-order valence-electron chi connectivity index (χ4n) is 2.20. The number of benzene rings is 2. The summed E-state index contributed by atoms with van der Waals surface area (Å²) in [7, 11) is 0. The third-order valence-corrected chi connectivity index (χ3v) is 3.56. The van der Waals surface area contributed by atoms with E-state index in [1.165, 1.54) is 0 Å². The summed E-state index contributed by atoms with van der Waals surface area (Å²) in [5.41, 5.74) is 4.49. The van der Waals surface area contributed by atoms with Crippen LogP contribution < -0.4 is 5.43 Å². The SMILES string of the molecule is CCC(C(=NNc1ccc(Cl)cc1)C(=O)O)c1ccccc1. The molecule has 2 aromatic carbocycles. The highest BCUT2D eigenvalue weighted by Crippen LogP contribution is 2.22. The average Bonchev–Trinajstić information content (AvgIpc) is 2.53. The Balaban J connectivity index is 2.26. The molecule has 0 spiro atoms. The second-order valence-electron chi connectivity index (χ2n) is 4.79. The topological polar surface area (TPSA) is 61.7 Å². The van der Waals surface area contributed by atoms with Crippen LogP contribution in [-0.2, 0) is 4.79 Å². The number of rotatable bonds is 6. The molecular formula is C17H17ClN2O2. The highest BCUT2D eigenvalue weighted by Gasteiger charge is 2.22. The van der Waals surface area contributed by atoms with Gasteiger partial charge < -0.3 is 5.11 Å². The molecule has 2 rings (SSSR count). The molecule has 2 aromatic rings. The number of nitrogens with one attached hydrogen (secondary N) is 1. The normalized spacial score (nSPS) is 12.7. The van der Waals surface area contributed by atoms with Crippen molar-refractivity contribution in [1.29, 1.82) is 0 Å². The molecule has 0 saturated heterocycles. The number of nitrogens with zero attached hydrogens (tertiary/aromatic N) is 1. The minimum absolute atomic E-state index is 0.0867. The van der Waals surface area contributed by atoms with Gasteiger partial charge in [0, 0.05) is 10.9 Å². The maximum absolute atomic E-state index is 11.6. The van der Waals surface area contributed by atoms with Crippen LogP contribution in [0.4, 0.5) is 5.69 Å². The summed E-state index contributed by atoms with van der Waals surface area (Å²) >= 11 is 5.82. The van der Waals surface area contributed by atoms with Crippen LogP contribution >= 0.6 is 11.6 Å². The number of hydrogen-bond acceptors (Lipinski definition) is 3. The number of aliphatic carboxylic acids is 1. The van der Waals surface area contributed by atoms with Gasteiger partial charge in [-0.3, -0.25) is 5.43 Å². The number of anilines is 1. The Bertz CT molecular complexity index is 654. The van der Waals surface area contributed by atoms with Crippen molar-refractivity contribution in [3.63, 3.8) is 0 Å². The summed E-state index contributed by atoms with van der Waals surface area (Å²) in [6.07, 6.45) is 0.650. The molecule has 0 bridgehead atoms. The molecule has 2 N–H and O–H groups in total. The van der Waals surface area contributed by atoms with Gasteiger partial charge in [0.05, 0.1) is 5.69 Å². The molecule has 1 unspecified atom stereocenters. The zero-order chi connectivity index (χ0) is 15.9. The van der Waals surface area contributed by atoms with Crippen LogP contribution in [0.3, 0.4) is 0 Å². The molecule has 0 aromatic heterocycles. The number of carbonyl (C=O) groups is 1. The van der Waals surface area contributed by atoms with Crippen LogP contribution in [0.5, 0.6) is 0 Å². The Morgan fingerprint density at radius 1 is 1.18 bits per heavy atom. The summed E-state index contributed by atoms with van der Waals surface area (Å²) < 4.78 is 0. The zero-order valence-corrected chi connectivity index (χ0v) is 12.9. The van der Waals surface area contributed by atoms with Crippen LogP contribution in [0.2, 0.25) is 5.02 Å². The molecule has 0 amide bonds. The summed E-state index contributed by atoms with van der Waals surface area (Å²) in [6, 6.07) is 16.4. The highest BCUT2D eigenvalue weighted by atomic mass is 35.5. The van der Waals surface area contributed by atoms with Gasteiger partial charge in [-0.1, -0.05) is 48.9 Å². The summed E-state index contributed by atoms with van der Waals surface area (Å²) in [5.74, 6) is -1.30. The first-order chi connectivity index (χ1) is 10.6. The monoisotopic (exact) mass is 316 g/mol. The lowest BCUT2D eigenvalue weighted by Crippen LogP contribution is -2.23. The van der Waals surface area contributed by atoms with E-state index in [4.69, 9.17) is 11.6 Å². The molecule has 22 heavy (non-hydrogen) atoms. The number of carboxylic acids is 1. The summed E-state index contributed by atoms with van der Waals surface area (Å²) in [6.45, 7) is 1.94. The Morgan fingerprint density at radius 3 is 2.36 bits per heavy atom. The molecule has 0 fully saturated rings. The van der Waals surface area contributed by atoms with E-state index in [0.29, 0.717) is 17.1 Å². The first kappa shape index (κ1) is 16.0. The third-order valence-electron chi connectivity index (χ3n) is 3.31. The molecule has 0 saturated carbocycles. The molecule has 1 atom stereocenters. The van der Waals surface area contributed by atoms with Crippen LogP contribution in [0.15, 0.2) is 59.7 Å². The largest absolute Gasteiger partial charge is 0.477 e. The minimum Gasteiger partial charge on any atom is -0.477 e. The molecule has 0 aliphatic rings. The standard InChI is InChI=1S/C17H17ClN2O2/c1-2-15(12-6-4-3-5-7-12)16(17(21)22)20-19-14-10-8-13(18)9-11-14/h3-11,15,19H,2H2,1H3,(H,21,22). The van der Waals surface area contributed by atoms with Crippen molar-refractivity contribution in [1.82, 2.24) is 0 Å². The molecule has 0 radical (unpaired) electrons. The van der Waals surface area contributed by atoms with Gasteiger partial charge in [0.2, 0.25) is 0 Å². The lowest BCUT2D eigenvalue weighted by molar-refractivity contribution is -0.129. The first-order valence-corrected chi connectivity index (χ1v) is 7.37. The van der Waals surface area contributed by atoms with Gasteiger partial charge in [-0.05, 0) is 36.2 Å². The van der Waals surface area contributed by atoms with Crippen molar-refractivity contribution in [3.05, 3.63) is 65.2 Å². The predicted octanol–water partition coefficient (Wildman–Crippen LogP) is 4.39. The highest BCUT2D eigenvalue weighted by molar-refractivity contribution is 6.38. The van der Waals surface area contributed by atoms with E-state index in [2.05, 4.69) is 10.5 Å². The van der Waals surface area contributed by atoms with Gasteiger partial charge in [0.25, 0.3) is 0 Å². The van der Waals surface area contributed by atoms with Gasteiger partial charge in [-0.2, -0.15) is 5.10 Å². The second-order valence-corrected chi connectivity index (χ2v) is 5.23. The Hall–Kier alpha value is -2.33. The van der Waals surface area contributed by atoms with Gasteiger partial charge in [0.1, 0.15) is 0 Å². The van der Waals surface area contributed by atoms with Crippen LogP contribution in [0.1, 0.15) is 24.8 Å². The Labute approximate surface area is 134 Å². The van der Waals surface area contributed by atoms with Crippen molar-refractivity contribution >= 4 is 29.0 Å². The van der Waals surface area contributed by atoms with Gasteiger partial charge >= 0.3 is 5.97 Å². The van der Waals surface area contributed by atoms with Crippen LogP contribution in [0.25, 0.3) is 0 Å². The van der Waals surface area contributed by atoms with Crippen LogP contribution in [-0.4, -0.2) is 16.8 Å². The maximum atomic E-state index is 11.6. The van der Waals surface area contributed by atoms with Crippen LogP contribution in [0, 0.1) is 0 Å². The van der Waals surface area contributed by atoms with Gasteiger partial charge in [0.15, 0.2) is 5.71 Å². The van der Waals surface area contributed by atoms with Gasteiger partial charge in [-0.15, -0.1) is 0 Å². The fraction of sp³-hybridized carbons (Fsp3) is 0.176. The zero-order valence-electron chi connectivity index (χ0n) is 12.2. The van der Waals surface area contributed by atoms with E-state index in [1.54, 1.807) is 24.3 Å². The smallest absolute Gasteiger partial charge is 0.352 e. The number of halogens is 1. The summed E-state index contributed by atoms with van der Waals surface area (Å²) in [4.78, 5) is 11.6. The third kappa shape index (κ3) is 4.09. The number of carboxylic acid groups (broad SMARTS) is 1. The lowest BCUT2D eigenvalue weighted by Gasteiger charge is -2.15. The lowest BCUT2D eigenvalue weighted by atomic mass is 9.92. The van der Waals surface area contributed by atoms with E-state index in [1.807, 2.05) is 37.3 Å². The maximum Gasteiger partial charge on any atom is 0.352 e. The van der Waals surface area contributed by atoms with E-state index in [-0.39, 0.29) is 11.6 Å². The Kier molecular flexibility index (Phi) is 5.55. The molecular weight excluding hydrogens is 300 g/mol. The molecule has 0 aliphatic heterocycles. The molecule has 114 valence electrons. The molecule has 0 aliphatic carbocycles. The molecule has 5 heteroatoms.